The Labute approximate surface area is 97.9 Å². The monoisotopic (exact) mass is 232 g/mol. The minimum absolute atomic E-state index is 0.119. The predicted molar refractivity (Wildman–Crippen MR) is 64.9 cm³/mol. The Morgan fingerprint density at radius 2 is 2.06 bits per heavy atom. The van der Waals surface area contributed by atoms with Crippen molar-refractivity contribution in [3.8, 4) is 5.88 Å². The van der Waals surface area contributed by atoms with Crippen LogP contribution < -0.4 is 21.5 Å². The molecule has 5 N–H and O–H groups in total. The molecular formula is C10H12N6O. The van der Waals surface area contributed by atoms with Gasteiger partial charge in [-0.2, -0.15) is 9.97 Å². The summed E-state index contributed by atoms with van der Waals surface area (Å²) < 4.78 is 4.95. The third-order valence-electron chi connectivity index (χ3n) is 1.98. The highest BCUT2D eigenvalue weighted by Gasteiger charge is 2.01. The first-order valence-corrected chi connectivity index (χ1v) is 4.84. The molecule has 2 aromatic rings. The molecule has 2 rings (SSSR count). The summed E-state index contributed by atoms with van der Waals surface area (Å²) in [6, 6.07) is 5.12. The molecule has 0 aromatic carbocycles. The molecule has 0 unspecified atom stereocenters. The molecule has 0 bridgehead atoms. The number of nitrogen functional groups attached to an aromatic ring is 2. The topological polar surface area (TPSA) is 112 Å². The van der Waals surface area contributed by atoms with Crippen molar-refractivity contribution in [2.24, 2.45) is 0 Å². The van der Waals surface area contributed by atoms with Gasteiger partial charge in [0.05, 0.1) is 19.0 Å². The number of rotatable bonds is 3. The van der Waals surface area contributed by atoms with Crippen molar-refractivity contribution in [2.75, 3.05) is 23.9 Å². The van der Waals surface area contributed by atoms with Gasteiger partial charge < -0.3 is 21.5 Å². The minimum atomic E-state index is 0.119. The maximum absolute atomic E-state index is 5.55. The quantitative estimate of drug-likeness (QED) is 0.717. The fraction of sp³-hybridized carbons (Fsp3) is 0.100. The average Bonchev–Trinajstić information content (AvgIpc) is 2.28. The van der Waals surface area contributed by atoms with Crippen molar-refractivity contribution in [2.45, 2.75) is 0 Å². The maximum Gasteiger partial charge on any atom is 0.223 e. The Kier molecular flexibility index (Phi) is 2.91. The number of hydrogen-bond donors (Lipinski definition) is 3. The van der Waals surface area contributed by atoms with E-state index in [0.717, 1.165) is 5.69 Å². The van der Waals surface area contributed by atoms with Crippen LogP contribution in [0.1, 0.15) is 0 Å². The summed E-state index contributed by atoms with van der Waals surface area (Å²) in [6.07, 6.45) is 1.62. The lowest BCUT2D eigenvalue weighted by Crippen LogP contribution is -2.03. The number of pyridine rings is 1. The van der Waals surface area contributed by atoms with Gasteiger partial charge in [-0.15, -0.1) is 0 Å². The summed E-state index contributed by atoms with van der Waals surface area (Å²) in [5, 5.41) is 3.01. The fourth-order valence-electron chi connectivity index (χ4n) is 1.27. The molecular weight excluding hydrogens is 220 g/mol. The Balaban J connectivity index is 2.19. The summed E-state index contributed by atoms with van der Waals surface area (Å²) in [6.45, 7) is 0. The highest BCUT2D eigenvalue weighted by atomic mass is 16.5. The Hall–Kier alpha value is -2.57. The van der Waals surface area contributed by atoms with Gasteiger partial charge in [0.1, 0.15) is 11.6 Å². The van der Waals surface area contributed by atoms with Crippen LogP contribution in [0.2, 0.25) is 0 Å². The summed E-state index contributed by atoms with van der Waals surface area (Å²) in [4.78, 5) is 11.8. The number of ether oxygens (including phenoxy) is 1. The first kappa shape index (κ1) is 10.9. The predicted octanol–water partition coefficient (Wildman–Crippen LogP) is 0.788. The normalized spacial score (nSPS) is 9.94. The Morgan fingerprint density at radius 3 is 2.65 bits per heavy atom. The van der Waals surface area contributed by atoms with Crippen molar-refractivity contribution in [1.82, 2.24) is 15.0 Å². The van der Waals surface area contributed by atoms with Crippen LogP contribution in [-0.2, 0) is 0 Å². The van der Waals surface area contributed by atoms with Crippen LogP contribution in [0, 0.1) is 0 Å². The van der Waals surface area contributed by atoms with Crippen molar-refractivity contribution in [1.29, 1.82) is 0 Å². The van der Waals surface area contributed by atoms with E-state index in [9.17, 15) is 0 Å². The van der Waals surface area contributed by atoms with Gasteiger partial charge in [-0.25, -0.2) is 4.98 Å². The number of nitrogens with one attached hydrogen (secondary N) is 1. The molecule has 0 aliphatic heterocycles. The lowest BCUT2D eigenvalue weighted by molar-refractivity contribution is 0.398. The van der Waals surface area contributed by atoms with E-state index in [-0.39, 0.29) is 5.95 Å². The SMILES string of the molecule is COc1ccc(Nc2cc(N)nc(N)n2)cn1. The molecule has 0 saturated carbocycles. The van der Waals surface area contributed by atoms with Crippen LogP contribution in [0.5, 0.6) is 5.88 Å². The van der Waals surface area contributed by atoms with Crippen molar-refractivity contribution < 1.29 is 4.74 Å². The third-order valence-corrected chi connectivity index (χ3v) is 1.98. The number of hydrogen-bond acceptors (Lipinski definition) is 7. The van der Waals surface area contributed by atoms with Crippen LogP contribution in [0.15, 0.2) is 24.4 Å². The van der Waals surface area contributed by atoms with Crippen molar-refractivity contribution >= 4 is 23.3 Å². The van der Waals surface area contributed by atoms with Crippen molar-refractivity contribution in [3.05, 3.63) is 24.4 Å². The molecule has 0 aliphatic rings. The van der Waals surface area contributed by atoms with Crippen LogP contribution in [0.3, 0.4) is 0 Å². The van der Waals surface area contributed by atoms with Gasteiger partial charge in [0, 0.05) is 12.1 Å². The van der Waals surface area contributed by atoms with E-state index in [0.29, 0.717) is 17.5 Å². The third kappa shape index (κ3) is 2.71. The zero-order chi connectivity index (χ0) is 12.3. The highest BCUT2D eigenvalue weighted by molar-refractivity contribution is 5.59. The van der Waals surface area contributed by atoms with Gasteiger partial charge in [0.25, 0.3) is 0 Å². The second-order valence-electron chi connectivity index (χ2n) is 3.25. The van der Waals surface area contributed by atoms with Gasteiger partial charge in [0.15, 0.2) is 0 Å². The molecule has 0 fully saturated rings. The molecule has 0 aliphatic carbocycles. The molecule has 2 aromatic heterocycles. The maximum atomic E-state index is 5.55. The second-order valence-corrected chi connectivity index (χ2v) is 3.25. The number of nitrogens with two attached hydrogens (primary N) is 2. The van der Waals surface area contributed by atoms with Crippen molar-refractivity contribution in [3.63, 3.8) is 0 Å². The molecule has 0 amide bonds. The number of anilines is 4. The molecule has 88 valence electrons. The molecule has 7 heteroatoms. The van der Waals surface area contributed by atoms with Gasteiger partial charge in [0.2, 0.25) is 11.8 Å². The molecule has 0 radical (unpaired) electrons. The van der Waals surface area contributed by atoms with E-state index in [1.807, 2.05) is 0 Å². The van der Waals surface area contributed by atoms with E-state index in [2.05, 4.69) is 20.3 Å². The summed E-state index contributed by atoms with van der Waals surface area (Å²) in [5.41, 5.74) is 11.8. The van der Waals surface area contributed by atoms with Gasteiger partial charge in [-0.3, -0.25) is 0 Å². The lowest BCUT2D eigenvalue weighted by Gasteiger charge is -2.06. The fourth-order valence-corrected chi connectivity index (χ4v) is 1.27. The second kappa shape index (κ2) is 4.52. The smallest absolute Gasteiger partial charge is 0.223 e. The Bertz CT molecular complexity index is 492. The van der Waals surface area contributed by atoms with E-state index >= 15 is 0 Å². The standard InChI is InChI=1S/C10H12N6O/c1-17-9-3-2-6(5-13-9)14-8-4-7(11)15-10(12)16-8/h2-5H,1H3,(H5,11,12,14,15,16). The number of methoxy groups -OCH3 is 1. The molecule has 17 heavy (non-hydrogen) atoms. The highest BCUT2D eigenvalue weighted by Crippen LogP contribution is 2.17. The number of nitrogens with zero attached hydrogens (tertiary/aromatic N) is 3. The van der Waals surface area contributed by atoms with Crippen LogP contribution in [0.25, 0.3) is 0 Å². The minimum Gasteiger partial charge on any atom is -0.481 e. The molecule has 7 nitrogen and oxygen atoms in total. The lowest BCUT2D eigenvalue weighted by atomic mass is 10.4. The van der Waals surface area contributed by atoms with Gasteiger partial charge in [-0.1, -0.05) is 0 Å². The van der Waals surface area contributed by atoms with E-state index in [1.54, 1.807) is 31.5 Å². The molecule has 2 heterocycles. The first-order chi connectivity index (χ1) is 8.17. The average molecular weight is 232 g/mol. The molecule has 0 saturated heterocycles. The van der Waals surface area contributed by atoms with Crippen LogP contribution in [0.4, 0.5) is 23.3 Å². The molecule has 0 spiro atoms. The van der Waals surface area contributed by atoms with Crippen LogP contribution in [-0.4, -0.2) is 22.1 Å². The van der Waals surface area contributed by atoms with Gasteiger partial charge in [-0.05, 0) is 6.07 Å². The van der Waals surface area contributed by atoms with Gasteiger partial charge >= 0.3 is 0 Å². The molecule has 0 atom stereocenters. The zero-order valence-corrected chi connectivity index (χ0v) is 9.21. The zero-order valence-electron chi connectivity index (χ0n) is 9.21. The first-order valence-electron chi connectivity index (χ1n) is 4.84. The van der Waals surface area contributed by atoms with Crippen LogP contribution >= 0.6 is 0 Å². The van der Waals surface area contributed by atoms with E-state index in [1.165, 1.54) is 0 Å². The van der Waals surface area contributed by atoms with E-state index in [4.69, 9.17) is 16.2 Å². The summed E-state index contributed by atoms with van der Waals surface area (Å²) in [7, 11) is 1.56. The number of aromatic nitrogens is 3. The van der Waals surface area contributed by atoms with E-state index < -0.39 is 0 Å². The Morgan fingerprint density at radius 1 is 1.24 bits per heavy atom. The summed E-state index contributed by atoms with van der Waals surface area (Å²) in [5.74, 6) is 1.48. The summed E-state index contributed by atoms with van der Waals surface area (Å²) >= 11 is 0. The largest absolute Gasteiger partial charge is 0.481 e.